The van der Waals surface area contributed by atoms with Gasteiger partial charge in [0.1, 0.15) is 18.1 Å². The van der Waals surface area contributed by atoms with E-state index in [2.05, 4.69) is 0 Å². The molecule has 1 fully saturated rings. The van der Waals surface area contributed by atoms with Crippen LogP contribution < -0.4 is 9.64 Å². The Morgan fingerprint density at radius 2 is 2.03 bits per heavy atom. The maximum absolute atomic E-state index is 12.4. The molecule has 0 spiro atoms. The lowest BCUT2D eigenvalue weighted by Crippen LogP contribution is -2.38. The highest BCUT2D eigenvalue weighted by atomic mass is 35.5. The Labute approximate surface area is 185 Å². The van der Waals surface area contributed by atoms with Crippen LogP contribution in [0.2, 0.25) is 5.02 Å². The predicted molar refractivity (Wildman–Crippen MR) is 118 cm³/mol. The molecule has 2 unspecified atom stereocenters. The third-order valence-corrected chi connectivity index (χ3v) is 6.41. The van der Waals surface area contributed by atoms with Gasteiger partial charge in [-0.25, -0.2) is 4.79 Å². The number of halogens is 1. The highest BCUT2D eigenvalue weighted by molar-refractivity contribution is 6.31. The normalized spacial score (nSPS) is 21.9. The van der Waals surface area contributed by atoms with Crippen molar-refractivity contribution in [3.05, 3.63) is 75.8 Å². The van der Waals surface area contributed by atoms with Crippen LogP contribution in [0.15, 0.2) is 54.1 Å². The van der Waals surface area contributed by atoms with Crippen molar-refractivity contribution < 1.29 is 24.2 Å². The van der Waals surface area contributed by atoms with E-state index in [1.807, 2.05) is 44.1 Å². The first-order valence-corrected chi connectivity index (χ1v) is 10.2. The number of carbonyl (C=O) groups is 2. The molecule has 6 nitrogen and oxygen atoms in total. The fourth-order valence-electron chi connectivity index (χ4n) is 4.44. The van der Waals surface area contributed by atoms with Gasteiger partial charge in [-0.2, -0.15) is 0 Å². The van der Waals surface area contributed by atoms with Crippen molar-refractivity contribution in [1.82, 2.24) is 0 Å². The van der Waals surface area contributed by atoms with E-state index in [1.54, 1.807) is 24.3 Å². The van der Waals surface area contributed by atoms with E-state index < -0.39 is 17.3 Å². The zero-order chi connectivity index (χ0) is 22.3. The van der Waals surface area contributed by atoms with Crippen molar-refractivity contribution in [3.63, 3.8) is 0 Å². The molecule has 4 rings (SSSR count). The summed E-state index contributed by atoms with van der Waals surface area (Å²) in [5.41, 5.74) is 2.27. The molecule has 0 radical (unpaired) electrons. The van der Waals surface area contributed by atoms with E-state index >= 15 is 0 Å². The molecule has 1 aliphatic carbocycles. The van der Waals surface area contributed by atoms with Crippen LogP contribution in [0.5, 0.6) is 11.5 Å². The number of aryl methyl sites for hydroxylation is 1. The first-order valence-electron chi connectivity index (χ1n) is 9.78. The van der Waals surface area contributed by atoms with Gasteiger partial charge in [0.15, 0.2) is 0 Å². The van der Waals surface area contributed by atoms with Crippen LogP contribution in [0.1, 0.15) is 16.7 Å². The van der Waals surface area contributed by atoms with Crippen LogP contribution in [-0.2, 0) is 19.7 Å². The molecule has 1 N–H and O–H groups in total. The molecule has 7 heteroatoms. The Bertz CT molecular complexity index is 1140. The number of nitrogens with zero attached hydrogens (tertiary/aromatic N) is 1. The summed E-state index contributed by atoms with van der Waals surface area (Å²) in [6, 6.07) is 8.81. The van der Waals surface area contributed by atoms with Crippen LogP contribution >= 0.6 is 11.6 Å². The topological polar surface area (TPSA) is 76.1 Å². The zero-order valence-corrected chi connectivity index (χ0v) is 18.1. The molecule has 1 saturated heterocycles. The Kier molecular flexibility index (Phi) is 5.27. The molecule has 0 bridgehead atoms. The van der Waals surface area contributed by atoms with Gasteiger partial charge in [0.2, 0.25) is 0 Å². The smallest absolute Gasteiger partial charge is 0.334 e. The van der Waals surface area contributed by atoms with Crippen LogP contribution in [0.25, 0.3) is 0 Å². The van der Waals surface area contributed by atoms with Gasteiger partial charge in [0, 0.05) is 53.5 Å². The second kappa shape index (κ2) is 7.78. The van der Waals surface area contributed by atoms with Gasteiger partial charge in [-0.1, -0.05) is 35.9 Å². The first kappa shape index (κ1) is 21.0. The number of hydrogen-bond donors (Lipinski definition) is 1. The standard InChI is InChI=1S/C24H22ClNO5/c1-14-9-18(21(28)11-20(14)25)24(8-4-5-16-19(24)12-30-23(16)29)17-7-6-15(26(2)3)10-22(17)31-13-27/h4-11,13,19,28H,12H2,1-3H3. The molecule has 2 aliphatic rings. The number of carbonyl (C=O) groups excluding carboxylic acids is 2. The van der Waals surface area contributed by atoms with Crippen molar-refractivity contribution in [2.75, 3.05) is 25.6 Å². The molecular formula is C24H22ClNO5. The fourth-order valence-corrected chi connectivity index (χ4v) is 4.60. The summed E-state index contributed by atoms with van der Waals surface area (Å²) in [5, 5.41) is 11.4. The minimum absolute atomic E-state index is 0.0189. The predicted octanol–water partition coefficient (Wildman–Crippen LogP) is 3.91. The van der Waals surface area contributed by atoms with E-state index in [4.69, 9.17) is 21.1 Å². The van der Waals surface area contributed by atoms with Gasteiger partial charge in [-0.05, 0) is 30.7 Å². The average Bonchev–Trinajstić information content (AvgIpc) is 3.12. The Morgan fingerprint density at radius 3 is 2.74 bits per heavy atom. The van der Waals surface area contributed by atoms with E-state index in [0.29, 0.717) is 33.9 Å². The van der Waals surface area contributed by atoms with Gasteiger partial charge < -0.3 is 19.5 Å². The van der Waals surface area contributed by atoms with E-state index in [-0.39, 0.29) is 12.4 Å². The maximum Gasteiger partial charge on any atom is 0.334 e. The molecule has 2 aromatic carbocycles. The van der Waals surface area contributed by atoms with Gasteiger partial charge in [-0.15, -0.1) is 0 Å². The molecule has 0 saturated carbocycles. The van der Waals surface area contributed by atoms with Crippen LogP contribution in [0, 0.1) is 12.8 Å². The highest BCUT2D eigenvalue weighted by Crippen LogP contribution is 2.54. The van der Waals surface area contributed by atoms with Crippen molar-refractivity contribution in [2.45, 2.75) is 12.3 Å². The van der Waals surface area contributed by atoms with Crippen molar-refractivity contribution >= 4 is 29.7 Å². The van der Waals surface area contributed by atoms with Gasteiger partial charge >= 0.3 is 5.97 Å². The van der Waals surface area contributed by atoms with E-state index in [0.717, 1.165) is 11.3 Å². The number of hydrogen-bond acceptors (Lipinski definition) is 6. The number of ether oxygens (including phenoxy) is 2. The molecule has 2 atom stereocenters. The van der Waals surface area contributed by atoms with E-state index in [1.165, 1.54) is 6.07 Å². The van der Waals surface area contributed by atoms with Gasteiger partial charge in [0.25, 0.3) is 6.47 Å². The highest BCUT2D eigenvalue weighted by Gasteiger charge is 2.51. The summed E-state index contributed by atoms with van der Waals surface area (Å²) < 4.78 is 10.8. The lowest BCUT2D eigenvalue weighted by molar-refractivity contribution is -0.135. The number of allylic oxidation sites excluding steroid dienone is 3. The Balaban J connectivity index is 2.06. The fraction of sp³-hybridized carbons (Fsp3) is 0.250. The van der Waals surface area contributed by atoms with Crippen LogP contribution in [0.4, 0.5) is 5.69 Å². The number of benzene rings is 2. The number of anilines is 1. The lowest BCUT2D eigenvalue weighted by atomic mass is 9.61. The lowest BCUT2D eigenvalue weighted by Gasteiger charge is -2.40. The van der Waals surface area contributed by atoms with Crippen molar-refractivity contribution in [1.29, 1.82) is 0 Å². The molecule has 1 aliphatic heterocycles. The molecule has 31 heavy (non-hydrogen) atoms. The maximum atomic E-state index is 12.4. The monoisotopic (exact) mass is 439 g/mol. The van der Waals surface area contributed by atoms with E-state index in [9.17, 15) is 14.7 Å². The number of fused-ring (bicyclic) bond motifs is 1. The largest absolute Gasteiger partial charge is 0.508 e. The SMILES string of the molecule is Cc1cc(C2(c3ccc(N(C)C)cc3OC=O)C=CC=C3C(=O)OCC32)c(O)cc1Cl. The van der Waals surface area contributed by atoms with Gasteiger partial charge in [0.05, 0.1) is 5.41 Å². The van der Waals surface area contributed by atoms with Gasteiger partial charge in [-0.3, -0.25) is 4.79 Å². The molecular weight excluding hydrogens is 418 g/mol. The number of phenolic OH excluding ortho intramolecular Hbond substituents is 1. The summed E-state index contributed by atoms with van der Waals surface area (Å²) in [6.45, 7) is 2.35. The van der Waals surface area contributed by atoms with Crippen LogP contribution in [-0.4, -0.2) is 38.3 Å². The Morgan fingerprint density at radius 1 is 1.26 bits per heavy atom. The minimum Gasteiger partial charge on any atom is -0.508 e. The second-order valence-corrected chi connectivity index (χ2v) is 8.32. The number of rotatable bonds is 5. The van der Waals surface area contributed by atoms with Crippen molar-refractivity contribution in [2.24, 2.45) is 5.92 Å². The summed E-state index contributed by atoms with van der Waals surface area (Å²) in [6.07, 6.45) is 5.41. The number of esters is 1. The third-order valence-electron chi connectivity index (χ3n) is 6.00. The summed E-state index contributed by atoms with van der Waals surface area (Å²) >= 11 is 6.24. The summed E-state index contributed by atoms with van der Waals surface area (Å²) in [4.78, 5) is 25.7. The number of cyclic esters (lactones) is 1. The molecule has 1 heterocycles. The molecule has 0 amide bonds. The molecule has 0 aromatic heterocycles. The molecule has 160 valence electrons. The Hall–Kier alpha value is -3.25. The molecule has 2 aromatic rings. The zero-order valence-electron chi connectivity index (χ0n) is 17.4. The third kappa shape index (κ3) is 3.27. The minimum atomic E-state index is -1.02. The summed E-state index contributed by atoms with van der Waals surface area (Å²) in [7, 11) is 3.77. The first-order chi connectivity index (χ1) is 14.8. The number of aromatic hydroxyl groups is 1. The summed E-state index contributed by atoms with van der Waals surface area (Å²) in [5.74, 6) is -0.504. The second-order valence-electron chi connectivity index (χ2n) is 7.91. The average molecular weight is 440 g/mol. The number of phenols is 1. The van der Waals surface area contributed by atoms with Crippen LogP contribution in [0.3, 0.4) is 0 Å². The quantitative estimate of drug-likeness (QED) is 0.562. The van der Waals surface area contributed by atoms with Crippen molar-refractivity contribution in [3.8, 4) is 11.5 Å².